The molecule has 0 aromatic heterocycles. The third-order valence-corrected chi connectivity index (χ3v) is 2.50. The van der Waals surface area contributed by atoms with Gasteiger partial charge in [-0.3, -0.25) is 10.4 Å². The summed E-state index contributed by atoms with van der Waals surface area (Å²) < 4.78 is 0. The van der Waals surface area contributed by atoms with Crippen LogP contribution in [0.5, 0.6) is 0 Å². The molecule has 0 atom stereocenters. The quantitative estimate of drug-likeness (QED) is 0.585. The highest BCUT2D eigenvalue weighted by Gasteiger charge is 1.93. The summed E-state index contributed by atoms with van der Waals surface area (Å²) in [6, 6.07) is 8.61. The zero-order valence-corrected chi connectivity index (χ0v) is 9.19. The van der Waals surface area contributed by atoms with Gasteiger partial charge in [0.2, 0.25) is 0 Å². The van der Waals surface area contributed by atoms with Gasteiger partial charge in [0.1, 0.15) is 0 Å². The SMILES string of the molecule is CSc1ccc(CNN(C)C)cc1. The van der Waals surface area contributed by atoms with Crippen molar-refractivity contribution in [1.29, 1.82) is 0 Å². The van der Waals surface area contributed by atoms with Crippen molar-refractivity contribution in [3.05, 3.63) is 29.8 Å². The lowest BCUT2D eigenvalue weighted by atomic mass is 10.2. The monoisotopic (exact) mass is 196 g/mol. The van der Waals surface area contributed by atoms with Crippen molar-refractivity contribution >= 4 is 11.8 Å². The van der Waals surface area contributed by atoms with Crippen LogP contribution in [0.2, 0.25) is 0 Å². The maximum absolute atomic E-state index is 3.23. The molecule has 0 aliphatic carbocycles. The molecule has 2 nitrogen and oxygen atoms in total. The van der Waals surface area contributed by atoms with Crippen LogP contribution in [0, 0.1) is 0 Å². The van der Waals surface area contributed by atoms with E-state index in [4.69, 9.17) is 0 Å². The highest BCUT2D eigenvalue weighted by molar-refractivity contribution is 7.98. The van der Waals surface area contributed by atoms with E-state index < -0.39 is 0 Å². The Morgan fingerprint density at radius 3 is 2.31 bits per heavy atom. The molecular weight excluding hydrogens is 180 g/mol. The highest BCUT2D eigenvalue weighted by atomic mass is 32.2. The molecule has 0 fully saturated rings. The smallest absolute Gasteiger partial charge is 0.0353 e. The first kappa shape index (κ1) is 10.6. The van der Waals surface area contributed by atoms with Crippen LogP contribution in [0.4, 0.5) is 0 Å². The molecule has 1 aromatic carbocycles. The molecule has 0 aliphatic heterocycles. The summed E-state index contributed by atoms with van der Waals surface area (Å²) in [6.07, 6.45) is 2.09. The Kier molecular flexibility index (Phi) is 4.28. The molecule has 0 saturated heterocycles. The molecule has 0 spiro atoms. The van der Waals surface area contributed by atoms with Crippen molar-refractivity contribution in [3.8, 4) is 0 Å². The van der Waals surface area contributed by atoms with Gasteiger partial charge in [-0.1, -0.05) is 12.1 Å². The summed E-state index contributed by atoms with van der Waals surface area (Å²) in [5, 5.41) is 1.96. The number of hydrazine groups is 1. The first-order valence-electron chi connectivity index (χ1n) is 4.26. The molecule has 0 radical (unpaired) electrons. The Bertz CT molecular complexity index is 244. The van der Waals surface area contributed by atoms with Crippen LogP contribution in [-0.4, -0.2) is 25.4 Å². The van der Waals surface area contributed by atoms with Gasteiger partial charge in [0.05, 0.1) is 0 Å². The third kappa shape index (κ3) is 3.81. The molecule has 72 valence electrons. The molecule has 0 bridgehead atoms. The van der Waals surface area contributed by atoms with Crippen molar-refractivity contribution in [1.82, 2.24) is 10.4 Å². The number of thioether (sulfide) groups is 1. The average Bonchev–Trinajstić information content (AvgIpc) is 2.15. The van der Waals surface area contributed by atoms with E-state index >= 15 is 0 Å². The van der Waals surface area contributed by atoms with E-state index in [1.54, 1.807) is 11.8 Å². The number of nitrogens with one attached hydrogen (secondary N) is 1. The number of hydrogen-bond donors (Lipinski definition) is 1. The normalized spacial score (nSPS) is 10.8. The van der Waals surface area contributed by atoms with Gasteiger partial charge in [-0.2, -0.15) is 0 Å². The Labute approximate surface area is 84.3 Å². The van der Waals surface area contributed by atoms with Crippen molar-refractivity contribution < 1.29 is 0 Å². The Morgan fingerprint density at radius 1 is 1.23 bits per heavy atom. The number of nitrogens with zero attached hydrogens (tertiary/aromatic N) is 1. The molecule has 0 unspecified atom stereocenters. The standard InChI is InChI=1S/C10H16N2S/c1-12(2)11-8-9-4-6-10(13-3)7-5-9/h4-7,11H,8H2,1-3H3. The van der Waals surface area contributed by atoms with Crippen LogP contribution in [0.15, 0.2) is 29.2 Å². The molecular formula is C10H16N2S. The van der Waals surface area contributed by atoms with Crippen LogP contribution in [-0.2, 0) is 6.54 Å². The maximum Gasteiger partial charge on any atom is 0.0353 e. The molecule has 1 N–H and O–H groups in total. The van der Waals surface area contributed by atoms with Crippen LogP contribution >= 0.6 is 11.8 Å². The predicted molar refractivity (Wildman–Crippen MR) is 58.7 cm³/mol. The molecule has 1 aromatic rings. The number of hydrogen-bond acceptors (Lipinski definition) is 3. The second-order valence-electron chi connectivity index (χ2n) is 3.08. The van der Waals surface area contributed by atoms with E-state index in [1.807, 2.05) is 19.1 Å². The fourth-order valence-corrected chi connectivity index (χ4v) is 1.40. The summed E-state index contributed by atoms with van der Waals surface area (Å²) in [5.41, 5.74) is 4.54. The van der Waals surface area contributed by atoms with E-state index in [0.717, 1.165) is 6.54 Å². The van der Waals surface area contributed by atoms with Crippen LogP contribution < -0.4 is 5.43 Å². The molecule has 0 heterocycles. The van der Waals surface area contributed by atoms with E-state index in [-0.39, 0.29) is 0 Å². The first-order chi connectivity index (χ1) is 6.22. The molecule has 3 heteroatoms. The van der Waals surface area contributed by atoms with Crippen LogP contribution in [0.25, 0.3) is 0 Å². The zero-order valence-electron chi connectivity index (χ0n) is 8.37. The molecule has 1 rings (SSSR count). The molecule has 0 aliphatic rings. The van der Waals surface area contributed by atoms with E-state index in [2.05, 4.69) is 35.9 Å². The minimum atomic E-state index is 0.891. The first-order valence-corrected chi connectivity index (χ1v) is 5.48. The predicted octanol–water partition coefficient (Wildman–Crippen LogP) is 1.97. The minimum Gasteiger partial charge on any atom is -0.251 e. The molecule has 0 saturated carbocycles. The second kappa shape index (κ2) is 5.27. The van der Waals surface area contributed by atoms with Gasteiger partial charge in [0.25, 0.3) is 0 Å². The third-order valence-electron chi connectivity index (χ3n) is 1.76. The lowest BCUT2D eigenvalue weighted by Gasteiger charge is -2.11. The summed E-state index contributed by atoms with van der Waals surface area (Å²) in [6.45, 7) is 0.891. The minimum absolute atomic E-state index is 0.891. The fraction of sp³-hybridized carbons (Fsp3) is 0.400. The van der Waals surface area contributed by atoms with Crippen LogP contribution in [0.3, 0.4) is 0 Å². The molecule has 13 heavy (non-hydrogen) atoms. The van der Waals surface area contributed by atoms with E-state index in [9.17, 15) is 0 Å². The second-order valence-corrected chi connectivity index (χ2v) is 3.96. The van der Waals surface area contributed by atoms with Gasteiger partial charge in [0, 0.05) is 25.5 Å². The lowest BCUT2D eigenvalue weighted by Crippen LogP contribution is -2.29. The van der Waals surface area contributed by atoms with Gasteiger partial charge in [-0.25, -0.2) is 0 Å². The van der Waals surface area contributed by atoms with Gasteiger partial charge in [0.15, 0.2) is 0 Å². The van der Waals surface area contributed by atoms with Crippen molar-refractivity contribution in [2.24, 2.45) is 0 Å². The largest absolute Gasteiger partial charge is 0.251 e. The summed E-state index contributed by atoms with van der Waals surface area (Å²) in [7, 11) is 3.99. The fourth-order valence-electron chi connectivity index (χ4n) is 0.993. The Morgan fingerprint density at radius 2 is 1.85 bits per heavy atom. The summed E-state index contributed by atoms with van der Waals surface area (Å²) in [5.74, 6) is 0. The van der Waals surface area contributed by atoms with Gasteiger partial charge >= 0.3 is 0 Å². The van der Waals surface area contributed by atoms with Crippen LogP contribution in [0.1, 0.15) is 5.56 Å². The van der Waals surface area contributed by atoms with Crippen molar-refractivity contribution in [2.45, 2.75) is 11.4 Å². The van der Waals surface area contributed by atoms with Gasteiger partial charge in [-0.15, -0.1) is 11.8 Å². The van der Waals surface area contributed by atoms with Gasteiger partial charge in [-0.05, 0) is 24.0 Å². The number of rotatable bonds is 4. The topological polar surface area (TPSA) is 15.3 Å². The Hall–Kier alpha value is -0.510. The lowest BCUT2D eigenvalue weighted by molar-refractivity contribution is 0.286. The number of benzene rings is 1. The van der Waals surface area contributed by atoms with Gasteiger partial charge < -0.3 is 0 Å². The maximum atomic E-state index is 3.23. The average molecular weight is 196 g/mol. The van der Waals surface area contributed by atoms with Crippen molar-refractivity contribution in [3.63, 3.8) is 0 Å². The Balaban J connectivity index is 2.49. The van der Waals surface area contributed by atoms with E-state index in [1.165, 1.54) is 10.5 Å². The molecule has 0 amide bonds. The summed E-state index contributed by atoms with van der Waals surface area (Å²) >= 11 is 1.77. The van der Waals surface area contributed by atoms with E-state index in [0.29, 0.717) is 0 Å². The highest BCUT2D eigenvalue weighted by Crippen LogP contribution is 2.14. The zero-order chi connectivity index (χ0) is 9.68. The van der Waals surface area contributed by atoms with Crippen molar-refractivity contribution in [2.75, 3.05) is 20.4 Å². The summed E-state index contributed by atoms with van der Waals surface area (Å²) in [4.78, 5) is 1.31.